The lowest BCUT2D eigenvalue weighted by atomic mass is 10.0. The van der Waals surface area contributed by atoms with Gasteiger partial charge in [0.25, 0.3) is 5.91 Å². The molecule has 0 saturated carbocycles. The Balaban J connectivity index is 1.49. The van der Waals surface area contributed by atoms with Gasteiger partial charge in [-0.25, -0.2) is 12.8 Å². The van der Waals surface area contributed by atoms with Crippen LogP contribution in [-0.4, -0.2) is 20.6 Å². The number of hydrogen-bond donors (Lipinski definition) is 1. The van der Waals surface area contributed by atoms with Gasteiger partial charge in [-0.05, 0) is 73.2 Å². The van der Waals surface area contributed by atoms with Gasteiger partial charge in [0.15, 0.2) is 0 Å². The number of benzene rings is 3. The topological polar surface area (TPSA) is 66.5 Å². The van der Waals surface area contributed by atoms with Crippen LogP contribution in [-0.2, 0) is 29.4 Å². The highest BCUT2D eigenvalue weighted by molar-refractivity contribution is 7.92. The summed E-state index contributed by atoms with van der Waals surface area (Å²) in [6, 6.07) is 18.6. The average molecular weight is 467 g/mol. The zero-order valence-electron chi connectivity index (χ0n) is 18.7. The van der Waals surface area contributed by atoms with Gasteiger partial charge in [-0.1, -0.05) is 36.4 Å². The number of rotatable bonds is 7. The largest absolute Gasteiger partial charge is 0.346 e. The molecule has 1 amide bonds. The van der Waals surface area contributed by atoms with Crippen molar-refractivity contribution in [2.75, 3.05) is 10.6 Å². The molecule has 3 aromatic carbocycles. The summed E-state index contributed by atoms with van der Waals surface area (Å²) in [5, 5.41) is 3.01. The van der Waals surface area contributed by atoms with Crippen molar-refractivity contribution >= 4 is 21.6 Å². The summed E-state index contributed by atoms with van der Waals surface area (Å²) in [5.41, 5.74) is 4.86. The Labute approximate surface area is 194 Å². The average Bonchev–Trinajstić information content (AvgIpc) is 3.26. The van der Waals surface area contributed by atoms with Gasteiger partial charge in [-0.15, -0.1) is 0 Å². The SMILES string of the molecule is CC(NC(=O)c1ccc(N(Cc2ccccc2F)S(C)(=O)=O)cc1)c1ccc2c(c1)CCC2. The molecule has 0 radical (unpaired) electrons. The molecule has 0 saturated heterocycles. The maximum absolute atomic E-state index is 14.1. The molecule has 33 heavy (non-hydrogen) atoms. The number of sulfonamides is 1. The fraction of sp³-hybridized carbons (Fsp3) is 0.269. The predicted molar refractivity (Wildman–Crippen MR) is 128 cm³/mol. The summed E-state index contributed by atoms with van der Waals surface area (Å²) in [6.45, 7) is 1.81. The summed E-state index contributed by atoms with van der Waals surface area (Å²) in [6.07, 6.45) is 4.44. The van der Waals surface area contributed by atoms with E-state index in [0.717, 1.165) is 29.0 Å². The third-order valence-corrected chi connectivity index (χ3v) is 7.20. The second kappa shape index (κ2) is 9.35. The van der Waals surface area contributed by atoms with Crippen LogP contribution in [0.3, 0.4) is 0 Å². The van der Waals surface area contributed by atoms with Gasteiger partial charge in [-0.2, -0.15) is 0 Å². The molecule has 1 aliphatic carbocycles. The van der Waals surface area contributed by atoms with E-state index in [2.05, 4.69) is 23.5 Å². The molecule has 1 aliphatic rings. The fourth-order valence-corrected chi connectivity index (χ4v) is 5.06. The summed E-state index contributed by atoms with van der Waals surface area (Å²) in [7, 11) is -3.66. The van der Waals surface area contributed by atoms with Crippen LogP contribution in [0.4, 0.5) is 10.1 Å². The number of anilines is 1. The smallest absolute Gasteiger partial charge is 0.251 e. The number of amides is 1. The molecule has 4 rings (SSSR count). The van der Waals surface area contributed by atoms with Crippen molar-refractivity contribution in [1.82, 2.24) is 5.32 Å². The molecule has 0 fully saturated rings. The zero-order chi connectivity index (χ0) is 23.6. The van der Waals surface area contributed by atoms with Crippen LogP contribution in [0.15, 0.2) is 66.7 Å². The number of nitrogens with zero attached hydrogens (tertiary/aromatic N) is 1. The standard InChI is InChI=1S/C26H27FN2O3S/c1-18(21-11-10-19-7-5-8-22(19)16-21)28-26(30)20-12-14-24(15-13-20)29(33(2,31)32)17-23-6-3-4-9-25(23)27/h3-4,6,9-16,18H,5,7-8,17H2,1-2H3,(H,28,30). The van der Waals surface area contributed by atoms with Crippen LogP contribution in [0.5, 0.6) is 0 Å². The minimum atomic E-state index is -3.66. The molecule has 1 unspecified atom stereocenters. The summed E-state index contributed by atoms with van der Waals surface area (Å²) < 4.78 is 40.0. The van der Waals surface area contributed by atoms with Crippen LogP contribution in [0.1, 0.15) is 52.0 Å². The molecule has 0 aliphatic heterocycles. The molecule has 1 N–H and O–H groups in total. The normalized spacial score (nSPS) is 13.9. The maximum atomic E-state index is 14.1. The van der Waals surface area contributed by atoms with Crippen LogP contribution >= 0.6 is 0 Å². The highest BCUT2D eigenvalue weighted by atomic mass is 32.2. The molecule has 7 heteroatoms. The van der Waals surface area contributed by atoms with Gasteiger partial charge in [0.1, 0.15) is 5.82 Å². The second-order valence-electron chi connectivity index (χ2n) is 8.48. The van der Waals surface area contributed by atoms with Crippen molar-refractivity contribution < 1.29 is 17.6 Å². The Morgan fingerprint density at radius 2 is 1.73 bits per heavy atom. The fourth-order valence-electron chi connectivity index (χ4n) is 4.18. The van der Waals surface area contributed by atoms with E-state index < -0.39 is 15.8 Å². The molecule has 0 spiro atoms. The Morgan fingerprint density at radius 1 is 1.03 bits per heavy atom. The molecule has 3 aromatic rings. The second-order valence-corrected chi connectivity index (χ2v) is 10.4. The Hall–Kier alpha value is -3.19. The highest BCUT2D eigenvalue weighted by Gasteiger charge is 2.20. The molecule has 1 atom stereocenters. The minimum Gasteiger partial charge on any atom is -0.346 e. The van der Waals surface area contributed by atoms with Gasteiger partial charge < -0.3 is 5.32 Å². The molecule has 172 valence electrons. The van der Waals surface area contributed by atoms with E-state index in [9.17, 15) is 17.6 Å². The molecular weight excluding hydrogens is 439 g/mol. The van der Waals surface area contributed by atoms with Gasteiger partial charge in [0.05, 0.1) is 24.5 Å². The zero-order valence-corrected chi connectivity index (χ0v) is 19.5. The lowest BCUT2D eigenvalue weighted by molar-refractivity contribution is 0.0940. The van der Waals surface area contributed by atoms with Crippen LogP contribution in [0.25, 0.3) is 0 Å². The predicted octanol–water partition coefficient (Wildman–Crippen LogP) is 4.77. The van der Waals surface area contributed by atoms with E-state index in [1.54, 1.807) is 42.5 Å². The number of halogens is 1. The lowest BCUT2D eigenvalue weighted by Crippen LogP contribution is -2.30. The minimum absolute atomic E-state index is 0.133. The van der Waals surface area contributed by atoms with Crippen LogP contribution < -0.4 is 9.62 Å². The van der Waals surface area contributed by atoms with E-state index >= 15 is 0 Å². The Kier molecular flexibility index (Phi) is 6.51. The summed E-state index contributed by atoms with van der Waals surface area (Å²) >= 11 is 0. The molecule has 0 bridgehead atoms. The molecule has 0 aromatic heterocycles. The van der Waals surface area contributed by atoms with Crippen molar-refractivity contribution in [1.29, 1.82) is 0 Å². The third kappa shape index (κ3) is 5.25. The van der Waals surface area contributed by atoms with Gasteiger partial charge >= 0.3 is 0 Å². The number of carbonyl (C=O) groups excluding carboxylic acids is 1. The van der Waals surface area contributed by atoms with E-state index in [-0.39, 0.29) is 24.1 Å². The van der Waals surface area contributed by atoms with Gasteiger partial charge in [-0.3, -0.25) is 9.10 Å². The third-order valence-electron chi connectivity index (χ3n) is 6.06. The molecule has 0 heterocycles. The Bertz CT molecular complexity index is 1270. The van der Waals surface area contributed by atoms with E-state index in [4.69, 9.17) is 0 Å². The first-order valence-electron chi connectivity index (χ1n) is 11.0. The van der Waals surface area contributed by atoms with Gasteiger partial charge in [0.2, 0.25) is 10.0 Å². The first kappa shape index (κ1) is 23.0. The number of carbonyl (C=O) groups is 1. The summed E-state index contributed by atoms with van der Waals surface area (Å²) in [4.78, 5) is 12.8. The number of fused-ring (bicyclic) bond motifs is 1. The highest BCUT2D eigenvalue weighted by Crippen LogP contribution is 2.26. The van der Waals surface area contributed by atoms with E-state index in [1.807, 2.05) is 6.92 Å². The van der Waals surface area contributed by atoms with Crippen molar-refractivity contribution in [3.05, 3.63) is 100 Å². The van der Waals surface area contributed by atoms with Gasteiger partial charge in [0, 0.05) is 11.1 Å². The number of nitrogens with one attached hydrogen (secondary N) is 1. The maximum Gasteiger partial charge on any atom is 0.251 e. The van der Waals surface area contributed by atoms with E-state index in [1.165, 1.54) is 23.6 Å². The number of aryl methyl sites for hydroxylation is 2. The first-order valence-corrected chi connectivity index (χ1v) is 12.8. The lowest BCUT2D eigenvalue weighted by Gasteiger charge is -2.23. The quantitative estimate of drug-likeness (QED) is 0.545. The molecule has 5 nitrogen and oxygen atoms in total. The van der Waals surface area contributed by atoms with Crippen LogP contribution in [0, 0.1) is 5.82 Å². The van der Waals surface area contributed by atoms with Crippen LogP contribution in [0.2, 0.25) is 0 Å². The van der Waals surface area contributed by atoms with Crippen molar-refractivity contribution in [2.45, 2.75) is 38.8 Å². The number of hydrogen-bond acceptors (Lipinski definition) is 3. The van der Waals surface area contributed by atoms with Crippen molar-refractivity contribution in [3.8, 4) is 0 Å². The van der Waals surface area contributed by atoms with E-state index in [0.29, 0.717) is 11.3 Å². The van der Waals surface area contributed by atoms with Crippen molar-refractivity contribution in [2.24, 2.45) is 0 Å². The first-order chi connectivity index (χ1) is 15.7. The molecular formula is C26H27FN2O3S. The summed E-state index contributed by atoms with van der Waals surface area (Å²) in [5.74, 6) is -0.711. The Morgan fingerprint density at radius 3 is 2.42 bits per heavy atom. The van der Waals surface area contributed by atoms with Crippen molar-refractivity contribution in [3.63, 3.8) is 0 Å². The monoisotopic (exact) mass is 466 g/mol.